The second-order valence-electron chi connectivity index (χ2n) is 4.17. The molecule has 0 bridgehead atoms. The Morgan fingerprint density at radius 2 is 2.00 bits per heavy atom. The van der Waals surface area contributed by atoms with E-state index in [-0.39, 0.29) is 6.04 Å². The van der Waals surface area contributed by atoms with Gasteiger partial charge in [-0.3, -0.25) is 5.43 Å². The van der Waals surface area contributed by atoms with Crippen LogP contribution in [0.5, 0.6) is 0 Å². The summed E-state index contributed by atoms with van der Waals surface area (Å²) in [5, 5.41) is 0. The Morgan fingerprint density at radius 3 is 2.47 bits per heavy atom. The fourth-order valence-corrected chi connectivity index (χ4v) is 1.69. The molecule has 5 heteroatoms. The van der Waals surface area contributed by atoms with Crippen LogP contribution in [0.3, 0.4) is 0 Å². The third-order valence-corrected chi connectivity index (χ3v) is 2.73. The molecule has 0 aromatic heterocycles. The number of hydrogen-bond acceptors (Lipinski definition) is 2. The number of nitrogens with zero attached hydrogens (tertiary/aromatic N) is 2. The number of guanidine groups is 1. The highest BCUT2D eigenvalue weighted by Gasteiger charge is 2.06. The Kier molecular flexibility index (Phi) is 5.44. The Balaban J connectivity index is 2.70. The third-order valence-electron chi connectivity index (χ3n) is 2.20. The van der Waals surface area contributed by atoms with Crippen molar-refractivity contribution in [3.8, 4) is 0 Å². The minimum absolute atomic E-state index is 0.216. The smallest absolute Gasteiger partial charge is 0.208 e. The molecule has 0 radical (unpaired) electrons. The first-order chi connectivity index (χ1) is 8.02. The number of benzene rings is 1. The SMILES string of the molecule is CC(C)N=C(NN)N(C)Cc1ccc(Br)cc1. The molecule has 0 spiro atoms. The van der Waals surface area contributed by atoms with Gasteiger partial charge >= 0.3 is 0 Å². The van der Waals surface area contributed by atoms with Crippen LogP contribution in [0.25, 0.3) is 0 Å². The molecule has 0 aliphatic rings. The molecule has 94 valence electrons. The molecule has 0 heterocycles. The number of aliphatic imine (C=N–C) groups is 1. The maximum atomic E-state index is 5.47. The van der Waals surface area contributed by atoms with Crippen molar-refractivity contribution in [1.82, 2.24) is 10.3 Å². The molecule has 3 N–H and O–H groups in total. The zero-order chi connectivity index (χ0) is 12.8. The third kappa shape index (κ3) is 4.75. The van der Waals surface area contributed by atoms with E-state index in [4.69, 9.17) is 5.84 Å². The molecule has 1 aromatic carbocycles. The van der Waals surface area contributed by atoms with Crippen molar-refractivity contribution < 1.29 is 0 Å². The maximum absolute atomic E-state index is 5.47. The molecule has 0 fully saturated rings. The molecule has 0 atom stereocenters. The monoisotopic (exact) mass is 298 g/mol. The lowest BCUT2D eigenvalue weighted by atomic mass is 10.2. The molecule has 1 aromatic rings. The lowest BCUT2D eigenvalue weighted by Gasteiger charge is -2.21. The highest BCUT2D eigenvalue weighted by atomic mass is 79.9. The zero-order valence-electron chi connectivity index (χ0n) is 10.4. The van der Waals surface area contributed by atoms with E-state index < -0.39 is 0 Å². The molecule has 0 saturated carbocycles. The van der Waals surface area contributed by atoms with E-state index >= 15 is 0 Å². The molecular formula is C12H19BrN4. The van der Waals surface area contributed by atoms with Crippen LogP contribution in [0.2, 0.25) is 0 Å². The Hall–Kier alpha value is -1.07. The van der Waals surface area contributed by atoms with Crippen molar-refractivity contribution in [2.75, 3.05) is 7.05 Å². The second kappa shape index (κ2) is 6.61. The molecule has 4 nitrogen and oxygen atoms in total. The quantitative estimate of drug-likeness (QED) is 0.389. The van der Waals surface area contributed by atoms with E-state index in [9.17, 15) is 0 Å². The zero-order valence-corrected chi connectivity index (χ0v) is 12.0. The van der Waals surface area contributed by atoms with Crippen LogP contribution in [-0.2, 0) is 6.54 Å². The highest BCUT2D eigenvalue weighted by molar-refractivity contribution is 9.10. The van der Waals surface area contributed by atoms with Crippen LogP contribution in [0.1, 0.15) is 19.4 Å². The van der Waals surface area contributed by atoms with Crippen LogP contribution >= 0.6 is 15.9 Å². The first-order valence-corrected chi connectivity index (χ1v) is 6.32. The van der Waals surface area contributed by atoms with Gasteiger partial charge in [0.1, 0.15) is 0 Å². The molecule has 0 unspecified atom stereocenters. The molecule has 0 aliphatic heterocycles. The summed E-state index contributed by atoms with van der Waals surface area (Å²) in [6.07, 6.45) is 0. The second-order valence-corrected chi connectivity index (χ2v) is 5.09. The van der Waals surface area contributed by atoms with E-state index in [1.165, 1.54) is 5.56 Å². The van der Waals surface area contributed by atoms with Crippen LogP contribution in [0.15, 0.2) is 33.7 Å². The summed E-state index contributed by atoms with van der Waals surface area (Å²) in [7, 11) is 1.96. The van der Waals surface area contributed by atoms with Gasteiger partial charge < -0.3 is 4.90 Å². The predicted molar refractivity (Wildman–Crippen MR) is 75.5 cm³/mol. The predicted octanol–water partition coefficient (Wildman–Crippen LogP) is 2.11. The van der Waals surface area contributed by atoms with Gasteiger partial charge in [0, 0.05) is 24.1 Å². The number of nitrogens with two attached hydrogens (primary N) is 1. The fraction of sp³-hybridized carbons (Fsp3) is 0.417. The Labute approximate surface area is 111 Å². The summed E-state index contributed by atoms with van der Waals surface area (Å²) in [6, 6.07) is 8.42. The average Bonchev–Trinajstić information content (AvgIpc) is 2.28. The summed E-state index contributed by atoms with van der Waals surface area (Å²) < 4.78 is 1.08. The van der Waals surface area contributed by atoms with Gasteiger partial charge in [0.15, 0.2) is 0 Å². The molecular weight excluding hydrogens is 280 g/mol. The van der Waals surface area contributed by atoms with Crippen LogP contribution in [0, 0.1) is 0 Å². The van der Waals surface area contributed by atoms with Gasteiger partial charge in [0.25, 0.3) is 0 Å². The summed E-state index contributed by atoms with van der Waals surface area (Å²) in [6.45, 7) is 4.80. The molecule has 0 aliphatic carbocycles. The van der Waals surface area contributed by atoms with E-state index in [0.29, 0.717) is 5.96 Å². The van der Waals surface area contributed by atoms with Crippen molar-refractivity contribution in [2.24, 2.45) is 10.8 Å². The minimum atomic E-state index is 0.216. The minimum Gasteiger partial charge on any atom is -0.341 e. The molecule has 17 heavy (non-hydrogen) atoms. The topological polar surface area (TPSA) is 53.6 Å². The van der Waals surface area contributed by atoms with Gasteiger partial charge in [-0.05, 0) is 31.5 Å². The summed E-state index contributed by atoms with van der Waals surface area (Å²) >= 11 is 3.42. The molecule has 0 saturated heterocycles. The lowest BCUT2D eigenvalue weighted by molar-refractivity contribution is 0.474. The first kappa shape index (κ1) is 14.0. The van der Waals surface area contributed by atoms with Gasteiger partial charge in [-0.25, -0.2) is 10.8 Å². The van der Waals surface area contributed by atoms with E-state index in [1.807, 2.05) is 37.9 Å². The van der Waals surface area contributed by atoms with Crippen molar-refractivity contribution in [3.05, 3.63) is 34.3 Å². The lowest BCUT2D eigenvalue weighted by Crippen LogP contribution is -2.42. The van der Waals surface area contributed by atoms with Crippen molar-refractivity contribution in [2.45, 2.75) is 26.4 Å². The maximum Gasteiger partial charge on any atom is 0.208 e. The first-order valence-electron chi connectivity index (χ1n) is 5.53. The fourth-order valence-electron chi connectivity index (χ4n) is 1.43. The normalized spacial score (nSPS) is 11.8. The van der Waals surface area contributed by atoms with Gasteiger partial charge in [-0.15, -0.1) is 0 Å². The number of rotatable bonds is 3. The summed E-state index contributed by atoms with van der Waals surface area (Å²) in [5.74, 6) is 6.17. The average molecular weight is 299 g/mol. The molecule has 1 rings (SSSR count). The Bertz CT molecular complexity index is 373. The number of hydrazine groups is 1. The number of hydrogen-bond donors (Lipinski definition) is 2. The van der Waals surface area contributed by atoms with Crippen LogP contribution in [-0.4, -0.2) is 23.9 Å². The van der Waals surface area contributed by atoms with Crippen LogP contribution in [0.4, 0.5) is 0 Å². The summed E-state index contributed by atoms with van der Waals surface area (Å²) in [4.78, 5) is 6.40. The number of halogens is 1. The molecule has 0 amide bonds. The van der Waals surface area contributed by atoms with Gasteiger partial charge in [-0.1, -0.05) is 28.1 Å². The van der Waals surface area contributed by atoms with Gasteiger partial charge in [0.05, 0.1) is 0 Å². The van der Waals surface area contributed by atoms with Crippen molar-refractivity contribution >= 4 is 21.9 Å². The standard InChI is InChI=1S/C12H19BrN4/c1-9(2)15-12(16-14)17(3)8-10-4-6-11(13)7-5-10/h4-7,9H,8,14H2,1-3H3,(H,15,16). The van der Waals surface area contributed by atoms with Crippen molar-refractivity contribution in [3.63, 3.8) is 0 Å². The van der Waals surface area contributed by atoms with Crippen molar-refractivity contribution in [1.29, 1.82) is 0 Å². The largest absolute Gasteiger partial charge is 0.341 e. The highest BCUT2D eigenvalue weighted by Crippen LogP contribution is 2.11. The summed E-state index contributed by atoms with van der Waals surface area (Å²) in [5.41, 5.74) is 3.84. The Morgan fingerprint density at radius 1 is 1.41 bits per heavy atom. The van der Waals surface area contributed by atoms with Gasteiger partial charge in [-0.2, -0.15) is 0 Å². The van der Waals surface area contributed by atoms with E-state index in [1.54, 1.807) is 0 Å². The number of nitrogens with one attached hydrogen (secondary N) is 1. The van der Waals surface area contributed by atoms with E-state index in [2.05, 4.69) is 38.5 Å². The van der Waals surface area contributed by atoms with Gasteiger partial charge in [0.2, 0.25) is 5.96 Å². The van der Waals surface area contributed by atoms with Crippen LogP contribution < -0.4 is 11.3 Å². The van der Waals surface area contributed by atoms with E-state index in [0.717, 1.165) is 11.0 Å².